The van der Waals surface area contributed by atoms with E-state index in [4.69, 9.17) is 0 Å². The van der Waals surface area contributed by atoms with Crippen molar-refractivity contribution in [2.24, 2.45) is 0 Å². The zero-order chi connectivity index (χ0) is 36.6. The van der Waals surface area contributed by atoms with Gasteiger partial charge in [-0.1, -0.05) is 172 Å². The largest absolute Gasteiger partial charge is 0.394 e. The molecule has 5 heteroatoms. The topological polar surface area (TPSA) is 89.8 Å². The van der Waals surface area contributed by atoms with Crippen molar-refractivity contribution in [2.75, 3.05) is 6.61 Å². The monoisotopic (exact) mass is 702 g/mol. The van der Waals surface area contributed by atoms with Crippen molar-refractivity contribution in [1.82, 2.24) is 5.32 Å². The van der Waals surface area contributed by atoms with Gasteiger partial charge in [0, 0.05) is 6.42 Å². The summed E-state index contributed by atoms with van der Waals surface area (Å²) in [7, 11) is 0. The Morgan fingerprint density at radius 3 is 1.38 bits per heavy atom. The number of amides is 1. The average molecular weight is 702 g/mol. The number of carbonyl (C=O) groups excluding carboxylic acids is 1. The number of hydrogen-bond donors (Lipinski definition) is 4. The molecule has 3 unspecified atom stereocenters. The van der Waals surface area contributed by atoms with Crippen LogP contribution in [-0.2, 0) is 4.79 Å². The summed E-state index contributed by atoms with van der Waals surface area (Å²) >= 11 is 0. The molecule has 3 atom stereocenters. The first kappa shape index (κ1) is 48.3. The van der Waals surface area contributed by atoms with Gasteiger partial charge in [-0.3, -0.25) is 4.79 Å². The van der Waals surface area contributed by atoms with Gasteiger partial charge in [-0.25, -0.2) is 0 Å². The molecule has 0 aromatic rings. The van der Waals surface area contributed by atoms with Gasteiger partial charge in [-0.05, 0) is 77.0 Å². The average Bonchev–Trinajstić information content (AvgIpc) is 3.12. The predicted octanol–water partition coefficient (Wildman–Crippen LogP) is 12.2. The molecule has 0 saturated heterocycles. The molecule has 0 aromatic carbocycles. The Morgan fingerprint density at radius 2 is 0.880 bits per heavy atom. The number of hydrogen-bond acceptors (Lipinski definition) is 4. The van der Waals surface area contributed by atoms with Crippen LogP contribution in [-0.4, -0.2) is 46.1 Å². The van der Waals surface area contributed by atoms with Crippen LogP contribution in [0.3, 0.4) is 0 Å². The summed E-state index contributed by atoms with van der Waals surface area (Å²) in [6, 6.07) is -0.834. The highest BCUT2D eigenvalue weighted by atomic mass is 16.3. The van der Waals surface area contributed by atoms with E-state index in [1.807, 2.05) is 0 Å². The van der Waals surface area contributed by atoms with E-state index < -0.39 is 18.2 Å². The molecule has 0 rings (SSSR count). The molecule has 0 aromatic heterocycles. The highest BCUT2D eigenvalue weighted by Gasteiger charge is 2.26. The van der Waals surface area contributed by atoms with Gasteiger partial charge in [0.05, 0.1) is 18.8 Å². The molecule has 0 heterocycles. The Kier molecular flexibility index (Phi) is 38.7. The van der Waals surface area contributed by atoms with Crippen LogP contribution >= 0.6 is 0 Å². The molecule has 0 fully saturated rings. The lowest BCUT2D eigenvalue weighted by atomic mass is 10.0. The Bertz CT molecular complexity index is 820. The van der Waals surface area contributed by atoms with Crippen molar-refractivity contribution in [2.45, 2.75) is 225 Å². The molecular formula is C45H83NO4. The Labute approximate surface area is 310 Å². The fourth-order valence-electron chi connectivity index (χ4n) is 6.29. The summed E-state index contributed by atoms with van der Waals surface area (Å²) in [4.78, 5) is 12.4. The van der Waals surface area contributed by atoms with Crippen LogP contribution in [0.15, 0.2) is 48.6 Å². The van der Waals surface area contributed by atoms with Crippen LogP contribution in [0.1, 0.15) is 206 Å². The molecule has 0 aliphatic carbocycles. The quantitative estimate of drug-likeness (QED) is 0.0293. The van der Waals surface area contributed by atoms with E-state index in [1.54, 1.807) is 0 Å². The van der Waals surface area contributed by atoms with Crippen molar-refractivity contribution in [3.63, 3.8) is 0 Å². The molecule has 0 saturated carbocycles. The molecule has 0 spiro atoms. The summed E-state index contributed by atoms with van der Waals surface area (Å²) in [6.07, 6.45) is 50.7. The second-order valence-corrected chi connectivity index (χ2v) is 14.6. The second kappa shape index (κ2) is 40.1. The fourth-order valence-corrected chi connectivity index (χ4v) is 6.29. The Morgan fingerprint density at radius 1 is 0.500 bits per heavy atom. The van der Waals surface area contributed by atoms with Crippen molar-refractivity contribution in [3.8, 4) is 0 Å². The van der Waals surface area contributed by atoms with Gasteiger partial charge >= 0.3 is 0 Å². The lowest BCUT2D eigenvalue weighted by Crippen LogP contribution is -2.50. The highest BCUT2D eigenvalue weighted by molar-refractivity contribution is 5.76. The lowest BCUT2D eigenvalue weighted by molar-refractivity contribution is -0.124. The summed E-state index contributed by atoms with van der Waals surface area (Å²) < 4.78 is 0. The minimum absolute atomic E-state index is 0.164. The van der Waals surface area contributed by atoms with Gasteiger partial charge in [0.15, 0.2) is 0 Å². The summed E-state index contributed by atoms with van der Waals surface area (Å²) in [5, 5.41) is 33.5. The van der Waals surface area contributed by atoms with Crippen LogP contribution < -0.4 is 5.32 Å². The van der Waals surface area contributed by atoms with Gasteiger partial charge in [-0.15, -0.1) is 0 Å². The zero-order valence-electron chi connectivity index (χ0n) is 33.0. The zero-order valence-corrected chi connectivity index (χ0v) is 33.0. The van der Waals surface area contributed by atoms with Gasteiger partial charge in [0.1, 0.15) is 6.10 Å². The number of unbranched alkanes of at least 4 members (excludes halogenated alkanes) is 23. The number of nitrogens with one attached hydrogen (secondary N) is 1. The van der Waals surface area contributed by atoms with Crippen LogP contribution in [0.25, 0.3) is 0 Å². The molecule has 292 valence electrons. The molecule has 0 radical (unpaired) electrons. The second-order valence-electron chi connectivity index (χ2n) is 14.6. The maximum atomic E-state index is 12.4. The first-order valence-corrected chi connectivity index (χ1v) is 21.4. The smallest absolute Gasteiger partial charge is 0.220 e. The van der Waals surface area contributed by atoms with E-state index in [1.165, 1.54) is 135 Å². The van der Waals surface area contributed by atoms with E-state index in [0.717, 1.165) is 44.9 Å². The third-order valence-electron chi connectivity index (χ3n) is 9.66. The summed E-state index contributed by atoms with van der Waals surface area (Å²) in [5.41, 5.74) is 0. The maximum Gasteiger partial charge on any atom is 0.220 e. The van der Waals surface area contributed by atoms with Crippen molar-refractivity contribution in [3.05, 3.63) is 48.6 Å². The molecular weight excluding hydrogens is 618 g/mol. The molecule has 0 aliphatic rings. The third kappa shape index (κ3) is 34.7. The molecule has 4 N–H and O–H groups in total. The summed E-state index contributed by atoms with van der Waals surface area (Å²) in [6.45, 7) is 4.12. The lowest BCUT2D eigenvalue weighted by Gasteiger charge is -2.26. The number of aliphatic hydroxyl groups is 3. The van der Waals surface area contributed by atoms with Crippen LogP contribution in [0.2, 0.25) is 0 Å². The third-order valence-corrected chi connectivity index (χ3v) is 9.66. The van der Waals surface area contributed by atoms with E-state index in [0.29, 0.717) is 12.8 Å². The number of aliphatic hydroxyl groups excluding tert-OH is 3. The normalized spacial score (nSPS) is 14.1. The van der Waals surface area contributed by atoms with Crippen molar-refractivity contribution < 1.29 is 20.1 Å². The Hall–Kier alpha value is -1.69. The predicted molar refractivity (Wildman–Crippen MR) is 217 cm³/mol. The van der Waals surface area contributed by atoms with E-state index >= 15 is 0 Å². The van der Waals surface area contributed by atoms with E-state index in [2.05, 4.69) is 67.8 Å². The highest BCUT2D eigenvalue weighted by Crippen LogP contribution is 2.14. The van der Waals surface area contributed by atoms with Gasteiger partial charge in [0.25, 0.3) is 0 Å². The van der Waals surface area contributed by atoms with Gasteiger partial charge in [0.2, 0.25) is 5.91 Å². The van der Waals surface area contributed by atoms with Crippen molar-refractivity contribution >= 4 is 5.91 Å². The maximum absolute atomic E-state index is 12.4. The fraction of sp³-hybridized carbons (Fsp3) is 0.800. The van der Waals surface area contributed by atoms with Gasteiger partial charge in [-0.2, -0.15) is 0 Å². The Balaban J connectivity index is 3.72. The SMILES string of the molecule is CCCCC/C=C\C=C/CCCCCCCCCCCCC(=O)NC(CO)C(O)C(O)CCC/C=C/CC/C=C/CCCCCCCCCC. The minimum atomic E-state index is -1.17. The van der Waals surface area contributed by atoms with Crippen molar-refractivity contribution in [1.29, 1.82) is 0 Å². The van der Waals surface area contributed by atoms with Crippen LogP contribution in [0, 0.1) is 0 Å². The van der Waals surface area contributed by atoms with E-state index in [-0.39, 0.29) is 12.5 Å². The number of allylic oxidation sites excluding steroid dienone is 8. The van der Waals surface area contributed by atoms with E-state index in [9.17, 15) is 20.1 Å². The molecule has 5 nitrogen and oxygen atoms in total. The summed E-state index contributed by atoms with van der Waals surface area (Å²) in [5.74, 6) is -0.164. The number of carbonyl (C=O) groups is 1. The molecule has 0 aliphatic heterocycles. The van der Waals surface area contributed by atoms with Crippen LogP contribution in [0.4, 0.5) is 0 Å². The molecule has 50 heavy (non-hydrogen) atoms. The first-order chi connectivity index (χ1) is 24.6. The van der Waals surface area contributed by atoms with Gasteiger partial charge < -0.3 is 20.6 Å². The molecule has 0 bridgehead atoms. The van der Waals surface area contributed by atoms with Crippen LogP contribution in [0.5, 0.6) is 0 Å². The number of rotatable bonds is 38. The first-order valence-electron chi connectivity index (χ1n) is 21.4. The minimum Gasteiger partial charge on any atom is -0.394 e. The molecule has 1 amide bonds. The standard InChI is InChI=1S/C45H83NO4/c1-3-5-7-9-11-13-15-17-19-21-22-24-26-28-30-32-34-36-38-40-44(49)46-42(41-47)45(50)43(48)39-37-35-33-31-29-27-25-23-20-18-16-14-12-10-8-6-4-2/h11,13,15,17,23,25,31,33,42-43,45,47-48,50H,3-10,12,14,16,18-22,24,26-30,32,34-41H2,1-2H3,(H,46,49)/b13-11-,17-15-,25-23+,33-31+.